The fourth-order valence-electron chi connectivity index (χ4n) is 0.883. The molecule has 1 rings (SSSR count). The maximum Gasteiger partial charge on any atom is 0.0537 e. The zero-order chi connectivity index (χ0) is 8.81. The summed E-state index contributed by atoms with van der Waals surface area (Å²) < 4.78 is 1.53. The molecule has 6 heteroatoms. The first-order chi connectivity index (χ1) is 5.86. The normalized spacial score (nSPS) is 30.5. The third-order valence-corrected chi connectivity index (χ3v) is 7.58. The maximum atomic E-state index is 4.23. The summed E-state index contributed by atoms with van der Waals surface area (Å²) in [6, 6.07) is 0. The van der Waals surface area contributed by atoms with Crippen molar-refractivity contribution in [1.82, 2.24) is 0 Å². The minimum Gasteiger partial charge on any atom is -0.168 e. The minimum atomic E-state index is 0.765. The summed E-state index contributed by atoms with van der Waals surface area (Å²) in [6.07, 6.45) is 1.30. The van der Waals surface area contributed by atoms with Gasteiger partial charge in [-0.3, -0.25) is 0 Å². The summed E-state index contributed by atoms with van der Waals surface area (Å²) in [4.78, 5) is 0. The second-order valence-corrected chi connectivity index (χ2v) is 9.35. The molecule has 0 aromatic rings. The molecule has 2 atom stereocenters. The summed E-state index contributed by atoms with van der Waals surface area (Å²) in [7, 11) is 0. The predicted molar refractivity (Wildman–Crippen MR) is 75.1 cm³/mol. The van der Waals surface area contributed by atoms with Gasteiger partial charge < -0.3 is 0 Å². The van der Waals surface area contributed by atoms with Crippen LogP contribution in [0.1, 0.15) is 6.42 Å². The Morgan fingerprint density at radius 1 is 1.08 bits per heavy atom. The molecule has 1 heterocycles. The van der Waals surface area contributed by atoms with Gasteiger partial charge in [-0.05, 0) is 6.42 Å². The van der Waals surface area contributed by atoms with Crippen molar-refractivity contribution in [2.45, 2.75) is 15.6 Å². The first kappa shape index (κ1) is 12.2. The first-order valence-electron chi connectivity index (χ1n) is 3.55. The summed E-state index contributed by atoms with van der Waals surface area (Å²) in [6.45, 7) is 0. The molecule has 0 nitrogen and oxygen atoms in total. The molecular weight excluding hydrogens is 264 g/mol. The molecule has 0 spiro atoms. The van der Waals surface area contributed by atoms with E-state index in [9.17, 15) is 0 Å². The number of thiol groups is 2. The summed E-state index contributed by atoms with van der Waals surface area (Å²) in [5.41, 5.74) is 0. The van der Waals surface area contributed by atoms with Gasteiger partial charge >= 0.3 is 0 Å². The molecule has 1 aliphatic rings. The standard InChI is InChI=1S/C6H12S6/c7-2-9-5-1-6(10-3-8)12-4-11-5/h5-8H,1-4H2. The molecule has 0 amide bonds. The van der Waals surface area contributed by atoms with Crippen LogP contribution >= 0.6 is 72.3 Å². The van der Waals surface area contributed by atoms with E-state index in [1.807, 2.05) is 23.5 Å². The highest BCUT2D eigenvalue weighted by Gasteiger charge is 2.22. The number of thioether (sulfide) groups is 4. The van der Waals surface area contributed by atoms with Crippen molar-refractivity contribution in [3.63, 3.8) is 0 Å². The Labute approximate surface area is 102 Å². The van der Waals surface area contributed by atoms with Gasteiger partial charge in [-0.2, -0.15) is 25.3 Å². The molecular formula is C6H12S6. The van der Waals surface area contributed by atoms with E-state index in [1.165, 1.54) is 11.5 Å². The summed E-state index contributed by atoms with van der Waals surface area (Å²) in [5, 5.41) is 3.12. The molecule has 72 valence electrons. The highest BCUT2D eigenvalue weighted by atomic mass is 32.3. The van der Waals surface area contributed by atoms with E-state index >= 15 is 0 Å². The van der Waals surface area contributed by atoms with Crippen LogP contribution in [-0.2, 0) is 0 Å². The van der Waals surface area contributed by atoms with Gasteiger partial charge in [-0.1, -0.05) is 0 Å². The quantitative estimate of drug-likeness (QED) is 0.593. The van der Waals surface area contributed by atoms with Crippen LogP contribution in [0.4, 0.5) is 0 Å². The smallest absolute Gasteiger partial charge is 0.0537 e. The van der Waals surface area contributed by atoms with Crippen molar-refractivity contribution in [1.29, 1.82) is 0 Å². The van der Waals surface area contributed by atoms with Crippen LogP contribution in [0.5, 0.6) is 0 Å². The van der Waals surface area contributed by atoms with E-state index in [1.54, 1.807) is 0 Å². The van der Waals surface area contributed by atoms with Crippen molar-refractivity contribution < 1.29 is 0 Å². The molecule has 12 heavy (non-hydrogen) atoms. The molecule has 0 saturated carbocycles. The van der Waals surface area contributed by atoms with Crippen LogP contribution in [0.2, 0.25) is 0 Å². The Morgan fingerprint density at radius 2 is 1.58 bits per heavy atom. The van der Waals surface area contributed by atoms with Crippen molar-refractivity contribution in [3.8, 4) is 0 Å². The average molecular weight is 277 g/mol. The molecule has 1 saturated heterocycles. The summed E-state index contributed by atoms with van der Waals surface area (Å²) in [5.74, 6) is 0. The van der Waals surface area contributed by atoms with E-state index in [2.05, 4.69) is 48.8 Å². The summed E-state index contributed by atoms with van der Waals surface area (Å²) >= 11 is 16.5. The van der Waals surface area contributed by atoms with Crippen LogP contribution in [-0.4, -0.2) is 24.4 Å². The van der Waals surface area contributed by atoms with Gasteiger partial charge in [0.05, 0.1) is 9.16 Å². The van der Waals surface area contributed by atoms with Crippen molar-refractivity contribution in [2.24, 2.45) is 0 Å². The van der Waals surface area contributed by atoms with Crippen LogP contribution in [0.15, 0.2) is 0 Å². The van der Waals surface area contributed by atoms with Crippen molar-refractivity contribution in [3.05, 3.63) is 0 Å². The van der Waals surface area contributed by atoms with E-state index in [4.69, 9.17) is 0 Å². The largest absolute Gasteiger partial charge is 0.168 e. The molecule has 0 N–H and O–H groups in total. The van der Waals surface area contributed by atoms with Gasteiger partial charge in [0.15, 0.2) is 0 Å². The zero-order valence-corrected chi connectivity index (χ0v) is 11.6. The lowest BCUT2D eigenvalue weighted by Gasteiger charge is -2.26. The number of hydrogen-bond acceptors (Lipinski definition) is 6. The Hall–Kier alpha value is 2.10. The van der Waals surface area contributed by atoms with Crippen molar-refractivity contribution >= 4 is 72.3 Å². The Balaban J connectivity index is 2.20. The lowest BCUT2D eigenvalue weighted by molar-refractivity contribution is 1.03. The highest BCUT2D eigenvalue weighted by molar-refractivity contribution is 8.29. The molecule has 0 aromatic heterocycles. The average Bonchev–Trinajstić information content (AvgIpc) is 2.06. The molecule has 0 radical (unpaired) electrons. The Bertz CT molecular complexity index is 103. The van der Waals surface area contributed by atoms with Gasteiger partial charge in [0.25, 0.3) is 0 Å². The Kier molecular flexibility index (Phi) is 7.50. The van der Waals surface area contributed by atoms with Crippen LogP contribution in [0.25, 0.3) is 0 Å². The maximum absolute atomic E-state index is 4.23. The van der Waals surface area contributed by atoms with Crippen LogP contribution in [0.3, 0.4) is 0 Å². The van der Waals surface area contributed by atoms with E-state index in [0.717, 1.165) is 19.3 Å². The second kappa shape index (κ2) is 7.40. The van der Waals surface area contributed by atoms with Crippen LogP contribution < -0.4 is 0 Å². The van der Waals surface area contributed by atoms with Gasteiger partial charge in [0.2, 0.25) is 0 Å². The second-order valence-electron chi connectivity index (χ2n) is 2.14. The van der Waals surface area contributed by atoms with Gasteiger partial charge in [-0.25, -0.2) is 0 Å². The highest BCUT2D eigenvalue weighted by Crippen LogP contribution is 2.43. The molecule has 1 aliphatic heterocycles. The third-order valence-electron chi connectivity index (χ3n) is 1.41. The SMILES string of the molecule is SCSC1CC(SCS)SCS1. The minimum absolute atomic E-state index is 0.765. The third kappa shape index (κ3) is 4.55. The van der Waals surface area contributed by atoms with Gasteiger partial charge in [-0.15, -0.1) is 47.0 Å². The fraction of sp³-hybridized carbons (Fsp3) is 1.00. The fourth-order valence-corrected chi connectivity index (χ4v) is 8.41. The predicted octanol–water partition coefficient (Wildman–Crippen LogP) is 3.71. The molecule has 0 aliphatic carbocycles. The first-order valence-corrected chi connectivity index (χ1v) is 9.01. The van der Waals surface area contributed by atoms with Crippen LogP contribution in [0, 0.1) is 0 Å². The molecule has 0 aromatic carbocycles. The lowest BCUT2D eigenvalue weighted by atomic mass is 10.5. The number of hydrogen-bond donors (Lipinski definition) is 2. The molecule has 0 bridgehead atoms. The van der Waals surface area contributed by atoms with E-state index < -0.39 is 0 Å². The van der Waals surface area contributed by atoms with Gasteiger partial charge in [0, 0.05) is 15.3 Å². The van der Waals surface area contributed by atoms with Crippen molar-refractivity contribution in [2.75, 3.05) is 15.3 Å². The zero-order valence-electron chi connectivity index (χ0n) is 6.51. The topological polar surface area (TPSA) is 0 Å². The van der Waals surface area contributed by atoms with E-state index in [0.29, 0.717) is 0 Å². The Morgan fingerprint density at radius 3 is 2.00 bits per heavy atom. The van der Waals surface area contributed by atoms with Gasteiger partial charge in [0.1, 0.15) is 0 Å². The lowest BCUT2D eigenvalue weighted by Crippen LogP contribution is -2.13. The number of rotatable bonds is 4. The molecule has 2 unspecified atom stereocenters. The molecule has 1 fully saturated rings. The van der Waals surface area contributed by atoms with E-state index in [-0.39, 0.29) is 0 Å². The monoisotopic (exact) mass is 276 g/mol.